The van der Waals surface area contributed by atoms with Crippen LogP contribution in [0.2, 0.25) is 0 Å². The average Bonchev–Trinajstić information content (AvgIpc) is 2.25. The van der Waals surface area contributed by atoms with Crippen LogP contribution >= 0.6 is 0 Å². The molecule has 1 rings (SSSR count). The third-order valence-corrected chi connectivity index (χ3v) is 2.25. The molecule has 0 aromatic heterocycles. The number of hydrogen-bond donors (Lipinski definition) is 0. The number of alkyl halides is 2. The van der Waals surface area contributed by atoms with Gasteiger partial charge in [-0.2, -0.15) is 8.78 Å². The quantitative estimate of drug-likeness (QED) is 0.485. The van der Waals surface area contributed by atoms with Crippen molar-refractivity contribution in [2.24, 2.45) is 0 Å². The van der Waals surface area contributed by atoms with E-state index in [1.54, 1.807) is 20.8 Å². The van der Waals surface area contributed by atoms with Crippen LogP contribution in [-0.2, 0) is 10.7 Å². The van der Waals surface area contributed by atoms with Gasteiger partial charge in [-0.05, 0) is 32.9 Å². The van der Waals surface area contributed by atoms with Gasteiger partial charge in [-0.25, -0.2) is 4.79 Å². The highest BCUT2D eigenvalue weighted by Gasteiger charge is 2.38. The van der Waals surface area contributed by atoms with Gasteiger partial charge in [0.2, 0.25) is 0 Å². The summed E-state index contributed by atoms with van der Waals surface area (Å²) in [5.41, 5.74) is -1.41. The van der Waals surface area contributed by atoms with Crippen LogP contribution in [0, 0.1) is 10.1 Å². The van der Waals surface area contributed by atoms with Crippen molar-refractivity contribution >= 4 is 5.97 Å². The zero-order chi connectivity index (χ0) is 15.6. The topological polar surface area (TPSA) is 69.4 Å². The molecule has 0 aliphatic heterocycles. The number of halogens is 2. The van der Waals surface area contributed by atoms with E-state index in [-0.39, 0.29) is 5.56 Å². The molecule has 0 aliphatic carbocycles. The summed E-state index contributed by atoms with van der Waals surface area (Å²) >= 11 is 0. The standard InChI is InChI=1S/C13H15F2NO4/c1-12(2,3)20-11(17)9-5-4-6-10(7-9)13(14,15)8-16(18)19/h4-7H,8H2,1-3H3. The molecule has 0 fully saturated rings. The molecule has 0 saturated carbocycles. The zero-order valence-electron chi connectivity index (χ0n) is 11.4. The first-order valence-corrected chi connectivity index (χ1v) is 5.85. The molecule has 0 saturated heterocycles. The van der Waals surface area contributed by atoms with Gasteiger partial charge in [-0.1, -0.05) is 12.1 Å². The van der Waals surface area contributed by atoms with Crippen LogP contribution in [0.5, 0.6) is 0 Å². The second-order valence-corrected chi connectivity index (χ2v) is 5.28. The van der Waals surface area contributed by atoms with Gasteiger partial charge in [0.1, 0.15) is 5.60 Å². The van der Waals surface area contributed by atoms with Crippen LogP contribution < -0.4 is 0 Å². The van der Waals surface area contributed by atoms with Gasteiger partial charge in [0.25, 0.3) is 6.54 Å². The monoisotopic (exact) mass is 287 g/mol. The maximum Gasteiger partial charge on any atom is 0.338 e. The number of hydrogen-bond acceptors (Lipinski definition) is 4. The molecule has 0 N–H and O–H groups in total. The molecule has 1 aromatic carbocycles. The Hall–Kier alpha value is -2.05. The summed E-state index contributed by atoms with van der Waals surface area (Å²) < 4.78 is 32.2. The molecule has 0 bridgehead atoms. The summed E-state index contributed by atoms with van der Waals surface area (Å²) in [6.45, 7) is 3.42. The Labute approximate surface area is 114 Å². The van der Waals surface area contributed by atoms with E-state index in [2.05, 4.69) is 0 Å². The van der Waals surface area contributed by atoms with Crippen molar-refractivity contribution in [3.05, 3.63) is 45.5 Å². The van der Waals surface area contributed by atoms with Gasteiger partial charge in [0.05, 0.1) is 5.56 Å². The van der Waals surface area contributed by atoms with Gasteiger partial charge in [0, 0.05) is 10.5 Å². The van der Waals surface area contributed by atoms with Gasteiger partial charge in [-0.3, -0.25) is 10.1 Å². The fourth-order valence-corrected chi connectivity index (χ4v) is 1.46. The molecule has 7 heteroatoms. The van der Waals surface area contributed by atoms with Crippen LogP contribution in [0.15, 0.2) is 24.3 Å². The summed E-state index contributed by atoms with van der Waals surface area (Å²) in [5.74, 6) is -4.39. The molecule has 5 nitrogen and oxygen atoms in total. The van der Waals surface area contributed by atoms with Crippen molar-refractivity contribution in [3.63, 3.8) is 0 Å². The lowest BCUT2D eigenvalue weighted by atomic mass is 10.0. The minimum absolute atomic E-state index is 0.0690. The number of rotatable bonds is 4. The van der Waals surface area contributed by atoms with Crippen LogP contribution in [0.3, 0.4) is 0 Å². The summed E-state index contributed by atoms with van der Waals surface area (Å²) in [6.07, 6.45) is 0. The third kappa shape index (κ3) is 4.56. The first-order chi connectivity index (χ1) is 9.01. The minimum atomic E-state index is -3.64. The first-order valence-electron chi connectivity index (χ1n) is 5.85. The molecule has 0 aliphatic rings. The largest absolute Gasteiger partial charge is 0.456 e. The number of ether oxygens (including phenoxy) is 1. The molecule has 110 valence electrons. The van der Waals surface area contributed by atoms with E-state index in [0.29, 0.717) is 0 Å². The number of carbonyl (C=O) groups excluding carboxylic acids is 1. The Bertz CT molecular complexity index is 523. The van der Waals surface area contributed by atoms with Crippen molar-refractivity contribution in [2.45, 2.75) is 32.3 Å². The van der Waals surface area contributed by atoms with E-state index >= 15 is 0 Å². The molecule has 0 heterocycles. The third-order valence-electron chi connectivity index (χ3n) is 2.25. The minimum Gasteiger partial charge on any atom is -0.456 e. The highest BCUT2D eigenvalue weighted by Crippen LogP contribution is 2.29. The van der Waals surface area contributed by atoms with E-state index in [0.717, 1.165) is 12.1 Å². The average molecular weight is 287 g/mol. The normalized spacial score (nSPS) is 12.1. The van der Waals surface area contributed by atoms with Crippen LogP contribution in [-0.4, -0.2) is 23.0 Å². The molecule has 0 atom stereocenters. The number of nitrogens with zero attached hydrogens (tertiary/aromatic N) is 1. The molecule has 0 unspecified atom stereocenters. The molecule has 20 heavy (non-hydrogen) atoms. The Balaban J connectivity index is 3.02. The van der Waals surface area contributed by atoms with Crippen LogP contribution in [0.1, 0.15) is 36.7 Å². The molecule has 0 spiro atoms. The van der Waals surface area contributed by atoms with Gasteiger partial charge in [0.15, 0.2) is 0 Å². The van der Waals surface area contributed by atoms with E-state index in [1.165, 1.54) is 12.1 Å². The Kier molecular flexibility index (Phi) is 4.42. The van der Waals surface area contributed by atoms with E-state index in [9.17, 15) is 23.7 Å². The van der Waals surface area contributed by atoms with Gasteiger partial charge < -0.3 is 4.74 Å². The highest BCUT2D eigenvalue weighted by molar-refractivity contribution is 5.89. The lowest BCUT2D eigenvalue weighted by molar-refractivity contribution is -0.507. The fourth-order valence-electron chi connectivity index (χ4n) is 1.46. The predicted molar refractivity (Wildman–Crippen MR) is 67.4 cm³/mol. The van der Waals surface area contributed by atoms with Gasteiger partial charge >= 0.3 is 11.9 Å². The van der Waals surface area contributed by atoms with Gasteiger partial charge in [-0.15, -0.1) is 0 Å². The van der Waals surface area contributed by atoms with E-state index in [4.69, 9.17) is 4.74 Å². The van der Waals surface area contributed by atoms with Crippen molar-refractivity contribution < 1.29 is 23.2 Å². The summed E-state index contributed by atoms with van der Waals surface area (Å²) in [4.78, 5) is 20.9. The summed E-state index contributed by atoms with van der Waals surface area (Å²) in [5, 5.41) is 10.2. The Morgan fingerprint density at radius 2 is 1.95 bits per heavy atom. The molecule has 0 amide bonds. The number of esters is 1. The lowest BCUT2D eigenvalue weighted by Crippen LogP contribution is -2.26. The van der Waals surface area contributed by atoms with Crippen LogP contribution in [0.4, 0.5) is 8.78 Å². The van der Waals surface area contributed by atoms with Crippen molar-refractivity contribution in [3.8, 4) is 0 Å². The second-order valence-electron chi connectivity index (χ2n) is 5.28. The predicted octanol–water partition coefficient (Wildman–Crippen LogP) is 3.01. The molecule has 1 aromatic rings. The fraction of sp³-hybridized carbons (Fsp3) is 0.462. The van der Waals surface area contributed by atoms with Crippen molar-refractivity contribution in [1.82, 2.24) is 0 Å². The number of benzene rings is 1. The smallest absolute Gasteiger partial charge is 0.338 e. The van der Waals surface area contributed by atoms with Crippen molar-refractivity contribution in [1.29, 1.82) is 0 Å². The number of nitro groups is 1. The highest BCUT2D eigenvalue weighted by atomic mass is 19.3. The SMILES string of the molecule is CC(C)(C)OC(=O)c1cccc(C(F)(F)C[N+](=O)[O-])c1. The lowest BCUT2D eigenvalue weighted by Gasteiger charge is -2.20. The van der Waals surface area contributed by atoms with Crippen molar-refractivity contribution in [2.75, 3.05) is 6.54 Å². The first kappa shape index (κ1) is 16.0. The second kappa shape index (κ2) is 5.52. The molecule has 0 radical (unpaired) electrons. The van der Waals surface area contributed by atoms with E-state index < -0.39 is 34.5 Å². The van der Waals surface area contributed by atoms with E-state index in [1.807, 2.05) is 0 Å². The Morgan fingerprint density at radius 1 is 1.35 bits per heavy atom. The Morgan fingerprint density at radius 3 is 2.45 bits per heavy atom. The van der Waals surface area contributed by atoms with Crippen LogP contribution in [0.25, 0.3) is 0 Å². The molecular formula is C13H15F2NO4. The maximum absolute atomic E-state index is 13.6. The zero-order valence-corrected chi connectivity index (χ0v) is 11.4. The summed E-state index contributed by atoms with van der Waals surface area (Å²) in [7, 11) is 0. The molecular weight excluding hydrogens is 272 g/mol. The number of carbonyl (C=O) groups is 1. The summed E-state index contributed by atoms with van der Waals surface area (Å²) in [6, 6.07) is 4.51. The maximum atomic E-state index is 13.6.